The standard InChI is InChI=1S/C9H19NO5/c1-5(2)8(9(14)15)10-3-6(12)7(13)4-11/h5-8,10-13H,3-4H2,1-2H3,(H,14,15)/t6-,7+,8-/m0/s1. The third-order valence-electron chi connectivity index (χ3n) is 2.11. The molecule has 0 radical (unpaired) electrons. The van der Waals surface area contributed by atoms with Crippen molar-refractivity contribution < 1.29 is 25.2 Å². The van der Waals surface area contributed by atoms with Gasteiger partial charge >= 0.3 is 5.97 Å². The molecule has 0 saturated carbocycles. The van der Waals surface area contributed by atoms with Crippen molar-refractivity contribution in [2.75, 3.05) is 13.2 Å². The molecular weight excluding hydrogens is 202 g/mol. The van der Waals surface area contributed by atoms with E-state index in [9.17, 15) is 9.90 Å². The lowest BCUT2D eigenvalue weighted by atomic mass is 10.0. The molecule has 0 aromatic heterocycles. The minimum absolute atomic E-state index is 0.0725. The zero-order chi connectivity index (χ0) is 12.0. The quantitative estimate of drug-likeness (QED) is 0.354. The zero-order valence-electron chi connectivity index (χ0n) is 8.92. The van der Waals surface area contributed by atoms with Crippen molar-refractivity contribution in [3.63, 3.8) is 0 Å². The van der Waals surface area contributed by atoms with E-state index in [4.69, 9.17) is 15.3 Å². The van der Waals surface area contributed by atoms with Gasteiger partial charge in [0.25, 0.3) is 0 Å². The lowest BCUT2D eigenvalue weighted by Crippen LogP contribution is -2.47. The monoisotopic (exact) mass is 221 g/mol. The van der Waals surface area contributed by atoms with Crippen molar-refractivity contribution in [3.8, 4) is 0 Å². The molecule has 0 amide bonds. The molecular formula is C9H19NO5. The normalized spacial score (nSPS) is 17.5. The Morgan fingerprint density at radius 2 is 1.80 bits per heavy atom. The Labute approximate surface area is 88.5 Å². The van der Waals surface area contributed by atoms with Gasteiger partial charge in [0.2, 0.25) is 0 Å². The van der Waals surface area contributed by atoms with E-state index in [0.717, 1.165) is 0 Å². The lowest BCUT2D eigenvalue weighted by molar-refractivity contribution is -0.140. The highest BCUT2D eigenvalue weighted by atomic mass is 16.4. The Morgan fingerprint density at radius 1 is 1.27 bits per heavy atom. The second-order valence-corrected chi connectivity index (χ2v) is 3.79. The van der Waals surface area contributed by atoms with Crippen LogP contribution in [-0.2, 0) is 4.79 Å². The number of hydrogen-bond donors (Lipinski definition) is 5. The summed E-state index contributed by atoms with van der Waals surface area (Å²) in [5.41, 5.74) is 0. The summed E-state index contributed by atoms with van der Waals surface area (Å²) in [5, 5.41) is 38.2. The highest BCUT2D eigenvalue weighted by molar-refractivity contribution is 5.73. The average molecular weight is 221 g/mol. The van der Waals surface area contributed by atoms with Crippen LogP contribution in [0.3, 0.4) is 0 Å². The molecule has 6 heteroatoms. The second-order valence-electron chi connectivity index (χ2n) is 3.79. The molecule has 5 N–H and O–H groups in total. The Morgan fingerprint density at radius 3 is 2.13 bits per heavy atom. The van der Waals surface area contributed by atoms with Crippen LogP contribution >= 0.6 is 0 Å². The summed E-state index contributed by atoms with van der Waals surface area (Å²) in [4.78, 5) is 10.7. The maximum atomic E-state index is 10.7. The first kappa shape index (κ1) is 14.3. The van der Waals surface area contributed by atoms with Crippen LogP contribution in [0.1, 0.15) is 13.8 Å². The third kappa shape index (κ3) is 5.08. The van der Waals surface area contributed by atoms with Crippen LogP contribution in [0, 0.1) is 5.92 Å². The number of aliphatic hydroxyl groups is 3. The molecule has 0 unspecified atom stereocenters. The molecule has 15 heavy (non-hydrogen) atoms. The van der Waals surface area contributed by atoms with E-state index in [1.807, 2.05) is 0 Å². The molecule has 3 atom stereocenters. The lowest BCUT2D eigenvalue weighted by Gasteiger charge is -2.21. The summed E-state index contributed by atoms with van der Waals surface area (Å²) in [5.74, 6) is -1.13. The van der Waals surface area contributed by atoms with Crippen LogP contribution in [0.4, 0.5) is 0 Å². The molecule has 0 spiro atoms. The smallest absolute Gasteiger partial charge is 0.320 e. The summed E-state index contributed by atoms with van der Waals surface area (Å²) >= 11 is 0. The average Bonchev–Trinajstić information content (AvgIpc) is 2.15. The largest absolute Gasteiger partial charge is 0.480 e. The number of rotatable bonds is 7. The van der Waals surface area contributed by atoms with Gasteiger partial charge in [0.15, 0.2) is 0 Å². The minimum atomic E-state index is -1.25. The molecule has 0 aliphatic carbocycles. The van der Waals surface area contributed by atoms with Crippen molar-refractivity contribution in [1.29, 1.82) is 0 Å². The Kier molecular flexibility index (Phi) is 6.42. The number of carboxylic acids is 1. The molecule has 90 valence electrons. The molecule has 0 aromatic carbocycles. The van der Waals surface area contributed by atoms with Crippen molar-refractivity contribution in [2.45, 2.75) is 32.1 Å². The molecule has 0 aliphatic rings. The Bertz CT molecular complexity index is 197. The maximum Gasteiger partial charge on any atom is 0.320 e. The van der Waals surface area contributed by atoms with Crippen LogP contribution in [-0.4, -0.2) is 57.8 Å². The summed E-state index contributed by atoms with van der Waals surface area (Å²) in [7, 11) is 0. The van der Waals surface area contributed by atoms with Gasteiger partial charge in [-0.1, -0.05) is 13.8 Å². The second kappa shape index (κ2) is 6.73. The summed E-state index contributed by atoms with van der Waals surface area (Å²) in [6, 6.07) is -0.773. The van der Waals surface area contributed by atoms with E-state index in [1.54, 1.807) is 13.8 Å². The van der Waals surface area contributed by atoms with Gasteiger partial charge in [0, 0.05) is 6.54 Å². The molecule has 0 aliphatic heterocycles. The minimum Gasteiger partial charge on any atom is -0.480 e. The van der Waals surface area contributed by atoms with E-state index in [0.29, 0.717) is 0 Å². The number of aliphatic carboxylic acids is 1. The van der Waals surface area contributed by atoms with Crippen molar-refractivity contribution in [2.24, 2.45) is 5.92 Å². The fourth-order valence-electron chi connectivity index (χ4n) is 1.11. The molecule has 0 aromatic rings. The van der Waals surface area contributed by atoms with E-state index >= 15 is 0 Å². The van der Waals surface area contributed by atoms with Crippen molar-refractivity contribution in [3.05, 3.63) is 0 Å². The van der Waals surface area contributed by atoms with Gasteiger partial charge in [-0.05, 0) is 5.92 Å². The first-order valence-corrected chi connectivity index (χ1v) is 4.83. The van der Waals surface area contributed by atoms with E-state index in [1.165, 1.54) is 0 Å². The van der Waals surface area contributed by atoms with E-state index in [-0.39, 0.29) is 12.5 Å². The van der Waals surface area contributed by atoms with Gasteiger partial charge < -0.3 is 25.7 Å². The SMILES string of the molecule is CC(C)[C@H](NC[C@H](O)[C@H](O)CO)C(=O)O. The maximum absolute atomic E-state index is 10.7. The molecule has 0 saturated heterocycles. The summed E-state index contributed by atoms with van der Waals surface area (Å²) < 4.78 is 0. The molecule has 0 heterocycles. The number of nitrogens with one attached hydrogen (secondary N) is 1. The highest BCUT2D eigenvalue weighted by Gasteiger charge is 2.23. The van der Waals surface area contributed by atoms with Gasteiger partial charge in [0.1, 0.15) is 12.1 Å². The van der Waals surface area contributed by atoms with Gasteiger partial charge in [-0.2, -0.15) is 0 Å². The Balaban J connectivity index is 4.05. The van der Waals surface area contributed by atoms with Gasteiger partial charge in [-0.3, -0.25) is 4.79 Å². The number of aliphatic hydroxyl groups excluding tert-OH is 3. The number of carbonyl (C=O) groups is 1. The van der Waals surface area contributed by atoms with Gasteiger partial charge in [-0.25, -0.2) is 0 Å². The van der Waals surface area contributed by atoms with Crippen LogP contribution in [0.5, 0.6) is 0 Å². The summed E-state index contributed by atoms with van der Waals surface area (Å²) in [6.07, 6.45) is -2.42. The molecule has 0 rings (SSSR count). The van der Waals surface area contributed by atoms with E-state index in [2.05, 4.69) is 5.32 Å². The van der Waals surface area contributed by atoms with Crippen molar-refractivity contribution >= 4 is 5.97 Å². The topological polar surface area (TPSA) is 110 Å². The van der Waals surface area contributed by atoms with E-state index < -0.39 is 30.8 Å². The van der Waals surface area contributed by atoms with Gasteiger partial charge in [0.05, 0.1) is 12.7 Å². The highest BCUT2D eigenvalue weighted by Crippen LogP contribution is 2.02. The fraction of sp³-hybridized carbons (Fsp3) is 0.889. The fourth-order valence-corrected chi connectivity index (χ4v) is 1.11. The number of hydrogen-bond acceptors (Lipinski definition) is 5. The molecule has 6 nitrogen and oxygen atoms in total. The van der Waals surface area contributed by atoms with Crippen LogP contribution in [0.2, 0.25) is 0 Å². The summed E-state index contributed by atoms with van der Waals surface area (Å²) in [6.45, 7) is 2.85. The molecule has 0 fully saturated rings. The number of carboxylic acid groups (broad SMARTS) is 1. The van der Waals surface area contributed by atoms with Gasteiger partial charge in [-0.15, -0.1) is 0 Å². The van der Waals surface area contributed by atoms with Crippen LogP contribution < -0.4 is 5.32 Å². The predicted octanol–water partition coefficient (Wildman–Crippen LogP) is -1.60. The predicted molar refractivity (Wildman–Crippen MR) is 53.4 cm³/mol. The van der Waals surface area contributed by atoms with Crippen LogP contribution in [0.15, 0.2) is 0 Å². The van der Waals surface area contributed by atoms with Crippen molar-refractivity contribution in [1.82, 2.24) is 5.32 Å². The molecule has 0 bridgehead atoms. The zero-order valence-corrected chi connectivity index (χ0v) is 8.92. The Hall–Kier alpha value is -0.690. The first-order chi connectivity index (χ1) is 6.90. The first-order valence-electron chi connectivity index (χ1n) is 4.83. The third-order valence-corrected chi connectivity index (χ3v) is 2.11. The van der Waals surface area contributed by atoms with Crippen LogP contribution in [0.25, 0.3) is 0 Å².